The summed E-state index contributed by atoms with van der Waals surface area (Å²) in [5.74, 6) is -2.40. The lowest BCUT2D eigenvalue weighted by Crippen LogP contribution is -2.09. The van der Waals surface area contributed by atoms with Crippen molar-refractivity contribution < 1.29 is 22.8 Å². The summed E-state index contributed by atoms with van der Waals surface area (Å²) < 4.78 is 36.6. The number of aryl methyl sites for hydroxylation is 1. The first kappa shape index (κ1) is 13.7. The summed E-state index contributed by atoms with van der Waals surface area (Å²) in [5, 5.41) is 3.60. The van der Waals surface area contributed by atoms with E-state index in [1.54, 1.807) is 6.92 Å². The zero-order valence-corrected chi connectivity index (χ0v) is 11.2. The van der Waals surface area contributed by atoms with Crippen LogP contribution in [0.3, 0.4) is 0 Å². The molecule has 1 aliphatic carbocycles. The third-order valence-electron chi connectivity index (χ3n) is 3.39. The van der Waals surface area contributed by atoms with Gasteiger partial charge in [-0.25, -0.2) is 8.78 Å². The molecule has 7 heteroatoms. The lowest BCUT2D eigenvalue weighted by Gasteiger charge is -2.03. The monoisotopic (exact) mass is 294 g/mol. The van der Waals surface area contributed by atoms with Gasteiger partial charge in [0.25, 0.3) is 0 Å². The van der Waals surface area contributed by atoms with Gasteiger partial charge in [-0.15, -0.1) is 0 Å². The van der Waals surface area contributed by atoms with E-state index in [1.807, 2.05) is 0 Å². The van der Waals surface area contributed by atoms with Crippen LogP contribution in [0, 0.1) is 24.5 Å². The van der Waals surface area contributed by atoms with E-state index in [4.69, 9.17) is 9.26 Å². The summed E-state index contributed by atoms with van der Waals surface area (Å²) in [4.78, 5) is 15.7. The Kier molecular flexibility index (Phi) is 3.40. The lowest BCUT2D eigenvalue weighted by atomic mass is 10.1. The maximum absolute atomic E-state index is 13.6. The molecule has 0 amide bonds. The zero-order chi connectivity index (χ0) is 15.0. The number of esters is 1. The Morgan fingerprint density at radius 3 is 3.00 bits per heavy atom. The molecular weight excluding hydrogens is 282 g/mol. The molecule has 0 aliphatic heterocycles. The van der Waals surface area contributed by atoms with E-state index in [-0.39, 0.29) is 23.9 Å². The smallest absolute Gasteiger partial charge is 0.310 e. The molecule has 2 atom stereocenters. The Labute approximate surface area is 118 Å². The first-order chi connectivity index (χ1) is 10.1. The molecule has 1 saturated carbocycles. The minimum absolute atomic E-state index is 0.0922. The van der Waals surface area contributed by atoms with Crippen molar-refractivity contribution in [2.45, 2.75) is 25.9 Å². The molecule has 1 aromatic carbocycles. The fourth-order valence-electron chi connectivity index (χ4n) is 2.25. The number of aromatic nitrogens is 2. The standard InChI is InChI=1S/C14H12F2N2O3/c1-7-17-12(18-21-7)6-20-14(19)10-5-9(10)8-3-2-4-11(15)13(8)16/h2-4,9-10H,5-6H2,1H3/t9-,10-/m1/s1. The zero-order valence-electron chi connectivity index (χ0n) is 11.2. The summed E-state index contributed by atoms with van der Waals surface area (Å²) >= 11 is 0. The van der Waals surface area contributed by atoms with Gasteiger partial charge in [0.15, 0.2) is 18.2 Å². The third kappa shape index (κ3) is 2.76. The molecule has 1 aromatic heterocycles. The van der Waals surface area contributed by atoms with Crippen molar-refractivity contribution in [1.82, 2.24) is 10.1 Å². The van der Waals surface area contributed by atoms with Gasteiger partial charge in [-0.2, -0.15) is 4.98 Å². The molecule has 110 valence electrons. The van der Waals surface area contributed by atoms with Crippen molar-refractivity contribution in [3.8, 4) is 0 Å². The Balaban J connectivity index is 1.59. The minimum Gasteiger partial charge on any atom is -0.457 e. The van der Waals surface area contributed by atoms with E-state index in [0.29, 0.717) is 12.3 Å². The van der Waals surface area contributed by atoms with Gasteiger partial charge in [-0.3, -0.25) is 4.79 Å². The molecule has 3 rings (SSSR count). The van der Waals surface area contributed by atoms with E-state index in [0.717, 1.165) is 6.07 Å². The van der Waals surface area contributed by atoms with Crippen molar-refractivity contribution in [1.29, 1.82) is 0 Å². The molecule has 5 nitrogen and oxygen atoms in total. The molecule has 1 aliphatic rings. The first-order valence-electron chi connectivity index (χ1n) is 6.46. The molecule has 0 N–H and O–H groups in total. The Morgan fingerprint density at radius 1 is 1.48 bits per heavy atom. The van der Waals surface area contributed by atoms with Gasteiger partial charge in [-0.1, -0.05) is 17.3 Å². The highest BCUT2D eigenvalue weighted by Crippen LogP contribution is 2.49. The summed E-state index contributed by atoms with van der Waals surface area (Å²) in [7, 11) is 0. The number of benzene rings is 1. The van der Waals surface area contributed by atoms with Gasteiger partial charge in [0.1, 0.15) is 0 Å². The average Bonchev–Trinajstić information content (AvgIpc) is 3.15. The Bertz CT molecular complexity index is 687. The topological polar surface area (TPSA) is 65.2 Å². The molecule has 1 fully saturated rings. The lowest BCUT2D eigenvalue weighted by molar-refractivity contribution is -0.146. The van der Waals surface area contributed by atoms with E-state index < -0.39 is 23.5 Å². The molecule has 0 radical (unpaired) electrons. The van der Waals surface area contributed by atoms with Gasteiger partial charge in [0, 0.05) is 12.8 Å². The van der Waals surface area contributed by atoms with Gasteiger partial charge >= 0.3 is 5.97 Å². The Morgan fingerprint density at radius 2 is 2.29 bits per heavy atom. The number of nitrogens with zero attached hydrogens (tertiary/aromatic N) is 2. The van der Waals surface area contributed by atoms with Crippen LogP contribution >= 0.6 is 0 Å². The quantitative estimate of drug-likeness (QED) is 0.811. The predicted molar refractivity (Wildman–Crippen MR) is 66.0 cm³/mol. The van der Waals surface area contributed by atoms with Gasteiger partial charge < -0.3 is 9.26 Å². The normalized spacial score (nSPS) is 20.3. The number of hydrogen-bond acceptors (Lipinski definition) is 5. The van der Waals surface area contributed by atoms with Gasteiger partial charge in [-0.05, 0) is 18.1 Å². The highest BCUT2D eigenvalue weighted by molar-refractivity contribution is 5.77. The van der Waals surface area contributed by atoms with Crippen molar-refractivity contribution in [3.63, 3.8) is 0 Å². The highest BCUT2D eigenvalue weighted by Gasteiger charge is 2.46. The van der Waals surface area contributed by atoms with Crippen molar-refractivity contribution in [2.24, 2.45) is 5.92 Å². The fraction of sp³-hybridized carbons (Fsp3) is 0.357. The van der Waals surface area contributed by atoms with Crippen LogP contribution in [0.4, 0.5) is 8.78 Å². The van der Waals surface area contributed by atoms with E-state index in [2.05, 4.69) is 10.1 Å². The molecule has 21 heavy (non-hydrogen) atoms. The third-order valence-corrected chi connectivity index (χ3v) is 3.39. The first-order valence-corrected chi connectivity index (χ1v) is 6.46. The summed E-state index contributed by atoms with van der Waals surface area (Å²) in [6.07, 6.45) is 0.449. The highest BCUT2D eigenvalue weighted by atomic mass is 19.2. The second kappa shape index (κ2) is 5.23. The SMILES string of the molecule is Cc1nc(COC(=O)[C@@H]2C[C@@H]2c2cccc(F)c2F)no1. The van der Waals surface area contributed by atoms with Crippen LogP contribution in [0.5, 0.6) is 0 Å². The van der Waals surface area contributed by atoms with E-state index in [1.165, 1.54) is 12.1 Å². The summed E-state index contributed by atoms with van der Waals surface area (Å²) in [6.45, 7) is 1.53. The molecule has 2 aromatic rings. The van der Waals surface area contributed by atoms with Crippen LogP contribution in [0.15, 0.2) is 22.7 Å². The largest absolute Gasteiger partial charge is 0.457 e. The maximum Gasteiger partial charge on any atom is 0.310 e. The molecule has 0 saturated heterocycles. The van der Waals surface area contributed by atoms with Crippen LogP contribution in [-0.4, -0.2) is 16.1 Å². The average molecular weight is 294 g/mol. The van der Waals surface area contributed by atoms with Crippen molar-refractivity contribution in [3.05, 3.63) is 47.1 Å². The maximum atomic E-state index is 13.6. The molecule has 0 bridgehead atoms. The predicted octanol–water partition coefficient (Wildman–Crippen LogP) is 2.50. The fourth-order valence-corrected chi connectivity index (χ4v) is 2.25. The number of carbonyl (C=O) groups is 1. The van der Waals surface area contributed by atoms with Crippen LogP contribution < -0.4 is 0 Å². The van der Waals surface area contributed by atoms with Crippen LogP contribution in [0.25, 0.3) is 0 Å². The van der Waals surface area contributed by atoms with E-state index in [9.17, 15) is 13.6 Å². The second-order valence-corrected chi connectivity index (χ2v) is 4.93. The van der Waals surface area contributed by atoms with Crippen LogP contribution in [0.2, 0.25) is 0 Å². The molecule has 0 spiro atoms. The molecule has 0 unspecified atom stereocenters. The second-order valence-electron chi connectivity index (χ2n) is 4.93. The summed E-state index contributed by atoms with van der Waals surface area (Å²) in [5.41, 5.74) is 0.215. The minimum atomic E-state index is -0.909. The number of hydrogen-bond donors (Lipinski definition) is 0. The van der Waals surface area contributed by atoms with Crippen LogP contribution in [0.1, 0.15) is 29.6 Å². The van der Waals surface area contributed by atoms with Crippen molar-refractivity contribution in [2.75, 3.05) is 0 Å². The molecule has 1 heterocycles. The molecular formula is C14H12F2N2O3. The number of halogens is 2. The van der Waals surface area contributed by atoms with Crippen molar-refractivity contribution >= 4 is 5.97 Å². The number of ether oxygens (including phenoxy) is 1. The van der Waals surface area contributed by atoms with Gasteiger partial charge in [0.2, 0.25) is 11.7 Å². The van der Waals surface area contributed by atoms with Crippen LogP contribution in [-0.2, 0) is 16.1 Å². The number of rotatable bonds is 4. The summed E-state index contributed by atoms with van der Waals surface area (Å²) in [6, 6.07) is 3.96. The Hall–Kier alpha value is -2.31. The number of carbonyl (C=O) groups excluding carboxylic acids is 1. The van der Waals surface area contributed by atoms with Gasteiger partial charge in [0.05, 0.1) is 5.92 Å². The van der Waals surface area contributed by atoms with E-state index >= 15 is 0 Å².